The van der Waals surface area contributed by atoms with Crippen LogP contribution >= 0.6 is 0 Å². The number of nitrogens with zero attached hydrogens (tertiary/aromatic N) is 1. The van der Waals surface area contributed by atoms with Crippen molar-refractivity contribution >= 4 is 6.08 Å². The fourth-order valence-corrected chi connectivity index (χ4v) is 1.14. The van der Waals surface area contributed by atoms with Crippen LogP contribution in [0.4, 0.5) is 0 Å². The number of rotatable bonds is 2. The molecule has 13 heavy (non-hydrogen) atoms. The van der Waals surface area contributed by atoms with E-state index in [1.165, 1.54) is 6.08 Å². The van der Waals surface area contributed by atoms with E-state index in [1.807, 2.05) is 31.2 Å². The van der Waals surface area contributed by atoms with Crippen LogP contribution in [0.3, 0.4) is 0 Å². The van der Waals surface area contributed by atoms with E-state index in [1.54, 1.807) is 13.2 Å². The highest BCUT2D eigenvalue weighted by Crippen LogP contribution is 2.18. The third-order valence-electron chi connectivity index (χ3n) is 1.77. The molecule has 0 radical (unpaired) electrons. The van der Waals surface area contributed by atoms with Gasteiger partial charge in [-0.3, -0.25) is 0 Å². The maximum absolute atomic E-state index is 8.34. The van der Waals surface area contributed by atoms with Crippen LogP contribution in [-0.2, 0) is 0 Å². The Labute approximate surface area is 78.1 Å². The van der Waals surface area contributed by atoms with Gasteiger partial charge in [0.25, 0.3) is 0 Å². The van der Waals surface area contributed by atoms with E-state index in [2.05, 4.69) is 0 Å². The second kappa shape index (κ2) is 4.32. The first-order chi connectivity index (χ1) is 6.27. The lowest BCUT2D eigenvalue weighted by molar-refractivity contribution is 0.411. The highest BCUT2D eigenvalue weighted by Gasteiger charge is 1.96. The van der Waals surface area contributed by atoms with E-state index in [0.717, 1.165) is 16.9 Å². The molecule has 0 unspecified atom stereocenters. The van der Waals surface area contributed by atoms with Crippen molar-refractivity contribution in [2.75, 3.05) is 7.11 Å². The molecule has 0 heterocycles. The number of benzene rings is 1. The zero-order chi connectivity index (χ0) is 9.68. The number of nitriles is 1. The van der Waals surface area contributed by atoms with E-state index in [4.69, 9.17) is 10.00 Å². The van der Waals surface area contributed by atoms with Gasteiger partial charge in [0.1, 0.15) is 5.75 Å². The molecule has 1 rings (SSSR count). The number of ether oxygens (including phenoxy) is 1. The zero-order valence-corrected chi connectivity index (χ0v) is 7.74. The maximum atomic E-state index is 8.34. The quantitative estimate of drug-likeness (QED) is 0.644. The molecule has 2 nitrogen and oxygen atoms in total. The molecule has 0 N–H and O–H groups in total. The molecule has 0 aromatic heterocycles. The summed E-state index contributed by atoms with van der Waals surface area (Å²) in [6.07, 6.45) is 3.23. The van der Waals surface area contributed by atoms with Crippen LogP contribution in [0, 0.1) is 18.3 Å². The summed E-state index contributed by atoms with van der Waals surface area (Å²) in [6.45, 7) is 1.97. The maximum Gasteiger partial charge on any atom is 0.121 e. The first-order valence-electron chi connectivity index (χ1n) is 3.98. The number of aryl methyl sites for hydroxylation is 1. The third kappa shape index (κ3) is 2.34. The standard InChI is InChI=1S/C11H11NO/c1-9-8-10(4-3-7-12)5-6-11(9)13-2/h3-6,8H,1-2H3/b4-3+. The van der Waals surface area contributed by atoms with E-state index >= 15 is 0 Å². The molecular formula is C11H11NO. The summed E-state index contributed by atoms with van der Waals surface area (Å²) in [7, 11) is 1.65. The molecule has 0 fully saturated rings. The summed E-state index contributed by atoms with van der Waals surface area (Å²) >= 11 is 0. The van der Waals surface area contributed by atoms with Gasteiger partial charge in [0.2, 0.25) is 0 Å². The molecule has 0 atom stereocenters. The van der Waals surface area contributed by atoms with Gasteiger partial charge in [-0.05, 0) is 36.3 Å². The molecule has 0 amide bonds. The first-order valence-corrected chi connectivity index (χ1v) is 3.98. The summed E-state index contributed by atoms with van der Waals surface area (Å²) in [5.41, 5.74) is 2.09. The first kappa shape index (κ1) is 9.34. The largest absolute Gasteiger partial charge is 0.496 e. The van der Waals surface area contributed by atoms with Crippen molar-refractivity contribution in [1.29, 1.82) is 5.26 Å². The van der Waals surface area contributed by atoms with E-state index in [9.17, 15) is 0 Å². The average Bonchev–Trinajstić information content (AvgIpc) is 2.15. The lowest BCUT2D eigenvalue weighted by atomic mass is 10.1. The van der Waals surface area contributed by atoms with Gasteiger partial charge in [0.05, 0.1) is 13.2 Å². The van der Waals surface area contributed by atoms with Crippen molar-refractivity contribution in [3.63, 3.8) is 0 Å². The minimum absolute atomic E-state index is 0.870. The van der Waals surface area contributed by atoms with Crippen LogP contribution < -0.4 is 4.74 Å². The van der Waals surface area contributed by atoms with E-state index in [0.29, 0.717) is 0 Å². The van der Waals surface area contributed by atoms with Gasteiger partial charge in [-0.15, -0.1) is 0 Å². The molecule has 0 aliphatic rings. The third-order valence-corrected chi connectivity index (χ3v) is 1.77. The van der Waals surface area contributed by atoms with Crippen LogP contribution in [0.2, 0.25) is 0 Å². The topological polar surface area (TPSA) is 33.0 Å². The Morgan fingerprint density at radius 1 is 1.46 bits per heavy atom. The fraction of sp³-hybridized carbons (Fsp3) is 0.182. The Morgan fingerprint density at radius 2 is 2.23 bits per heavy atom. The highest BCUT2D eigenvalue weighted by atomic mass is 16.5. The van der Waals surface area contributed by atoms with E-state index in [-0.39, 0.29) is 0 Å². The van der Waals surface area contributed by atoms with Crippen LogP contribution in [0.5, 0.6) is 5.75 Å². The molecule has 0 saturated heterocycles. The van der Waals surface area contributed by atoms with Crippen molar-refractivity contribution in [3.05, 3.63) is 35.4 Å². The van der Waals surface area contributed by atoms with Crippen molar-refractivity contribution in [2.45, 2.75) is 6.92 Å². The van der Waals surface area contributed by atoms with Gasteiger partial charge < -0.3 is 4.74 Å². The monoisotopic (exact) mass is 173 g/mol. The van der Waals surface area contributed by atoms with E-state index < -0.39 is 0 Å². The Morgan fingerprint density at radius 3 is 2.77 bits per heavy atom. The van der Waals surface area contributed by atoms with Gasteiger partial charge in [0, 0.05) is 6.08 Å². The number of methoxy groups -OCH3 is 1. The summed E-state index contributed by atoms with van der Waals surface area (Å²) in [5, 5.41) is 8.34. The Bertz CT molecular complexity index is 361. The molecule has 1 aromatic rings. The second-order valence-corrected chi connectivity index (χ2v) is 2.69. The van der Waals surface area contributed by atoms with Crippen molar-refractivity contribution in [2.24, 2.45) is 0 Å². The van der Waals surface area contributed by atoms with Gasteiger partial charge in [0.15, 0.2) is 0 Å². The van der Waals surface area contributed by atoms with Gasteiger partial charge in [-0.2, -0.15) is 5.26 Å². The Balaban J connectivity index is 2.97. The lowest BCUT2D eigenvalue weighted by Crippen LogP contribution is -1.86. The number of allylic oxidation sites excluding steroid dienone is 1. The van der Waals surface area contributed by atoms with Gasteiger partial charge in [-0.1, -0.05) is 6.07 Å². The minimum atomic E-state index is 0.870. The highest BCUT2D eigenvalue weighted by molar-refractivity contribution is 5.54. The molecule has 0 aliphatic heterocycles. The van der Waals surface area contributed by atoms with Crippen LogP contribution in [0.25, 0.3) is 6.08 Å². The van der Waals surface area contributed by atoms with Crippen molar-refractivity contribution in [3.8, 4) is 11.8 Å². The van der Waals surface area contributed by atoms with Crippen LogP contribution in [0.1, 0.15) is 11.1 Å². The molecule has 0 spiro atoms. The van der Waals surface area contributed by atoms with Crippen LogP contribution in [-0.4, -0.2) is 7.11 Å². The molecule has 0 saturated carbocycles. The van der Waals surface area contributed by atoms with Gasteiger partial charge >= 0.3 is 0 Å². The minimum Gasteiger partial charge on any atom is -0.496 e. The molecule has 66 valence electrons. The van der Waals surface area contributed by atoms with Crippen molar-refractivity contribution < 1.29 is 4.74 Å². The molecule has 0 bridgehead atoms. The fourth-order valence-electron chi connectivity index (χ4n) is 1.14. The molecular weight excluding hydrogens is 162 g/mol. The summed E-state index contributed by atoms with van der Waals surface area (Å²) < 4.78 is 5.12. The predicted molar refractivity (Wildman–Crippen MR) is 52.4 cm³/mol. The Hall–Kier alpha value is -1.75. The molecule has 1 aromatic carbocycles. The molecule has 0 aliphatic carbocycles. The summed E-state index contributed by atoms with van der Waals surface area (Å²) in [4.78, 5) is 0. The second-order valence-electron chi connectivity index (χ2n) is 2.69. The SMILES string of the molecule is COc1ccc(/C=C/C#N)cc1C. The summed E-state index contributed by atoms with van der Waals surface area (Å²) in [6, 6.07) is 7.74. The number of hydrogen-bond acceptors (Lipinski definition) is 2. The average molecular weight is 173 g/mol. The summed E-state index contributed by atoms with van der Waals surface area (Å²) in [5.74, 6) is 0.870. The Kier molecular flexibility index (Phi) is 3.10. The van der Waals surface area contributed by atoms with Crippen LogP contribution in [0.15, 0.2) is 24.3 Å². The molecule has 2 heteroatoms. The predicted octanol–water partition coefficient (Wildman–Crippen LogP) is 2.54. The lowest BCUT2D eigenvalue weighted by Gasteiger charge is -2.04. The van der Waals surface area contributed by atoms with Crippen molar-refractivity contribution in [1.82, 2.24) is 0 Å². The normalized spacial score (nSPS) is 9.92. The zero-order valence-electron chi connectivity index (χ0n) is 7.74. The van der Waals surface area contributed by atoms with Gasteiger partial charge in [-0.25, -0.2) is 0 Å². The smallest absolute Gasteiger partial charge is 0.121 e. The number of hydrogen-bond donors (Lipinski definition) is 0.